The van der Waals surface area contributed by atoms with E-state index in [1.807, 2.05) is 30.5 Å². The van der Waals surface area contributed by atoms with Gasteiger partial charge >= 0.3 is 0 Å². The van der Waals surface area contributed by atoms with Gasteiger partial charge in [-0.05, 0) is 36.9 Å². The monoisotopic (exact) mass is 297 g/mol. The van der Waals surface area contributed by atoms with E-state index in [9.17, 15) is 4.79 Å². The summed E-state index contributed by atoms with van der Waals surface area (Å²) in [6.45, 7) is 4.10. The minimum atomic E-state index is 0.406. The Kier molecular flexibility index (Phi) is 3.66. The molecule has 3 aromatic rings. The van der Waals surface area contributed by atoms with E-state index in [2.05, 4.69) is 29.4 Å². The molecular weight excluding hydrogens is 282 g/mol. The van der Waals surface area contributed by atoms with E-state index >= 15 is 0 Å². The van der Waals surface area contributed by atoms with Crippen LogP contribution in [-0.4, -0.2) is 21.3 Å². The van der Waals surface area contributed by atoms with Crippen molar-refractivity contribution >= 4 is 17.6 Å². The Labute approximate surface area is 127 Å². The first-order valence-corrected chi connectivity index (χ1v) is 7.57. The zero-order valence-electron chi connectivity index (χ0n) is 11.9. The third kappa shape index (κ3) is 2.64. The molecule has 2 aromatic heterocycles. The molecule has 0 bridgehead atoms. The number of aromatic nitrogens is 3. The Morgan fingerprint density at radius 2 is 2.14 bits per heavy atom. The van der Waals surface area contributed by atoms with Crippen LogP contribution in [0.25, 0.3) is 5.69 Å². The Bertz CT molecular complexity index is 775. The van der Waals surface area contributed by atoms with Gasteiger partial charge in [0.25, 0.3) is 0 Å². The average molecular weight is 297 g/mol. The van der Waals surface area contributed by atoms with Gasteiger partial charge in [-0.3, -0.25) is 4.79 Å². The fourth-order valence-corrected chi connectivity index (χ4v) is 3.09. The van der Waals surface area contributed by atoms with E-state index < -0.39 is 0 Å². The predicted octanol–water partition coefficient (Wildman–Crippen LogP) is 3.35. The minimum Gasteiger partial charge on any atom is -0.296 e. The lowest BCUT2D eigenvalue weighted by atomic mass is 10.1. The first-order valence-electron chi connectivity index (χ1n) is 6.69. The third-order valence-electron chi connectivity index (χ3n) is 3.41. The van der Waals surface area contributed by atoms with E-state index in [-0.39, 0.29) is 0 Å². The molecule has 0 saturated carbocycles. The Morgan fingerprint density at radius 3 is 2.81 bits per heavy atom. The molecule has 0 unspecified atom stereocenters. The highest BCUT2D eigenvalue weighted by atomic mass is 32.1. The third-order valence-corrected chi connectivity index (χ3v) is 4.28. The lowest BCUT2D eigenvalue weighted by molar-refractivity contribution is 0.111. The number of rotatable bonds is 4. The quantitative estimate of drug-likeness (QED) is 0.694. The van der Waals surface area contributed by atoms with Crippen molar-refractivity contribution in [2.24, 2.45) is 0 Å². The first kappa shape index (κ1) is 13.7. The molecule has 106 valence electrons. The Morgan fingerprint density at radius 1 is 1.29 bits per heavy atom. The van der Waals surface area contributed by atoms with Crippen LogP contribution in [0.2, 0.25) is 0 Å². The summed E-state index contributed by atoms with van der Waals surface area (Å²) in [5.74, 6) is 0. The second-order valence-electron chi connectivity index (χ2n) is 5.00. The van der Waals surface area contributed by atoms with Crippen LogP contribution in [0.15, 0.2) is 35.7 Å². The van der Waals surface area contributed by atoms with Gasteiger partial charge in [-0.15, -0.1) is 16.4 Å². The molecule has 2 heterocycles. The van der Waals surface area contributed by atoms with Gasteiger partial charge in [0, 0.05) is 11.3 Å². The van der Waals surface area contributed by atoms with Crippen molar-refractivity contribution in [3.8, 4) is 5.69 Å². The minimum absolute atomic E-state index is 0.406. The highest BCUT2D eigenvalue weighted by Gasteiger charge is 2.16. The van der Waals surface area contributed by atoms with Gasteiger partial charge in [0.15, 0.2) is 6.29 Å². The van der Waals surface area contributed by atoms with E-state index in [0.29, 0.717) is 12.1 Å². The smallest absolute Gasteiger partial charge is 0.172 e. The molecule has 0 aliphatic carbocycles. The van der Waals surface area contributed by atoms with Crippen molar-refractivity contribution in [2.75, 3.05) is 0 Å². The maximum absolute atomic E-state index is 11.2. The van der Waals surface area contributed by atoms with Gasteiger partial charge in [0.05, 0.1) is 11.4 Å². The molecule has 0 N–H and O–H groups in total. The van der Waals surface area contributed by atoms with E-state index in [1.54, 1.807) is 16.0 Å². The normalized spacial score (nSPS) is 10.8. The number of benzene rings is 1. The lowest BCUT2D eigenvalue weighted by Crippen LogP contribution is -2.06. The topological polar surface area (TPSA) is 47.8 Å². The van der Waals surface area contributed by atoms with Crippen molar-refractivity contribution in [3.63, 3.8) is 0 Å². The maximum atomic E-state index is 11.2. The summed E-state index contributed by atoms with van der Waals surface area (Å²) in [5.41, 5.74) is 4.52. The second kappa shape index (κ2) is 5.61. The summed E-state index contributed by atoms with van der Waals surface area (Å²) < 4.78 is 1.78. The standard InChI is InChI=1S/C16H15N3OS/c1-11-5-6-15(12(2)8-11)19-16(14(10-20)17-18-19)9-13-4-3-7-21-13/h3-8,10H,9H2,1-2H3. The van der Waals surface area contributed by atoms with Crippen LogP contribution in [0, 0.1) is 13.8 Å². The fraction of sp³-hybridized carbons (Fsp3) is 0.188. The summed E-state index contributed by atoms with van der Waals surface area (Å²) >= 11 is 1.67. The van der Waals surface area contributed by atoms with Crippen LogP contribution in [0.5, 0.6) is 0 Å². The summed E-state index contributed by atoms with van der Waals surface area (Å²) in [6.07, 6.45) is 1.43. The van der Waals surface area contributed by atoms with Crippen LogP contribution >= 0.6 is 11.3 Å². The van der Waals surface area contributed by atoms with Gasteiger partial charge in [-0.25, -0.2) is 4.68 Å². The molecule has 5 heteroatoms. The Balaban J connectivity index is 2.10. The highest BCUT2D eigenvalue weighted by molar-refractivity contribution is 7.09. The number of hydrogen-bond acceptors (Lipinski definition) is 4. The number of carbonyl (C=O) groups excluding carboxylic acids is 1. The van der Waals surface area contributed by atoms with Crippen molar-refractivity contribution in [1.82, 2.24) is 15.0 Å². The second-order valence-corrected chi connectivity index (χ2v) is 6.03. The predicted molar refractivity (Wildman–Crippen MR) is 83.3 cm³/mol. The average Bonchev–Trinajstić information content (AvgIpc) is 3.09. The van der Waals surface area contributed by atoms with E-state index in [0.717, 1.165) is 23.2 Å². The highest BCUT2D eigenvalue weighted by Crippen LogP contribution is 2.21. The summed E-state index contributed by atoms with van der Waals surface area (Å²) in [5, 5.41) is 10.2. The molecular formula is C16H15N3OS. The molecule has 3 rings (SSSR count). The van der Waals surface area contributed by atoms with E-state index in [4.69, 9.17) is 0 Å². The molecule has 0 aliphatic heterocycles. The number of hydrogen-bond donors (Lipinski definition) is 0. The van der Waals surface area contributed by atoms with Crippen molar-refractivity contribution in [1.29, 1.82) is 0 Å². The van der Waals surface area contributed by atoms with Gasteiger partial charge in [-0.2, -0.15) is 0 Å². The molecule has 0 saturated heterocycles. The zero-order chi connectivity index (χ0) is 14.8. The summed E-state index contributed by atoms with van der Waals surface area (Å²) in [4.78, 5) is 12.4. The van der Waals surface area contributed by atoms with Crippen LogP contribution in [0.3, 0.4) is 0 Å². The van der Waals surface area contributed by atoms with Crippen LogP contribution in [0.1, 0.15) is 32.2 Å². The zero-order valence-corrected chi connectivity index (χ0v) is 12.7. The number of carbonyl (C=O) groups is 1. The van der Waals surface area contributed by atoms with Crippen LogP contribution < -0.4 is 0 Å². The molecule has 0 aliphatic rings. The van der Waals surface area contributed by atoms with Gasteiger partial charge < -0.3 is 0 Å². The number of nitrogens with zero attached hydrogens (tertiary/aromatic N) is 3. The van der Waals surface area contributed by atoms with Gasteiger partial charge in [0.2, 0.25) is 0 Å². The van der Waals surface area contributed by atoms with Crippen molar-refractivity contribution in [3.05, 3.63) is 63.1 Å². The molecule has 21 heavy (non-hydrogen) atoms. The molecule has 0 fully saturated rings. The maximum Gasteiger partial charge on any atom is 0.172 e. The van der Waals surface area contributed by atoms with Crippen molar-refractivity contribution in [2.45, 2.75) is 20.3 Å². The first-order chi connectivity index (χ1) is 10.2. The molecule has 1 aromatic carbocycles. The SMILES string of the molecule is Cc1ccc(-n2nnc(C=O)c2Cc2cccs2)c(C)c1. The number of thiophene rings is 1. The number of aldehydes is 1. The molecule has 4 nitrogen and oxygen atoms in total. The van der Waals surface area contributed by atoms with Gasteiger partial charge in [-0.1, -0.05) is 29.0 Å². The van der Waals surface area contributed by atoms with Gasteiger partial charge in [0.1, 0.15) is 5.69 Å². The fourth-order valence-electron chi connectivity index (χ4n) is 2.38. The van der Waals surface area contributed by atoms with Crippen LogP contribution in [0.4, 0.5) is 0 Å². The van der Waals surface area contributed by atoms with Crippen molar-refractivity contribution < 1.29 is 4.79 Å². The molecule has 0 radical (unpaired) electrons. The summed E-state index contributed by atoms with van der Waals surface area (Å²) in [6, 6.07) is 10.2. The Hall–Kier alpha value is -2.27. The van der Waals surface area contributed by atoms with E-state index in [1.165, 1.54) is 10.4 Å². The lowest BCUT2D eigenvalue weighted by Gasteiger charge is -2.10. The molecule has 0 spiro atoms. The molecule has 0 atom stereocenters. The summed E-state index contributed by atoms with van der Waals surface area (Å²) in [7, 11) is 0. The number of aryl methyl sites for hydroxylation is 2. The largest absolute Gasteiger partial charge is 0.296 e. The molecule has 0 amide bonds. The van der Waals surface area contributed by atoms with Crippen LogP contribution in [-0.2, 0) is 6.42 Å².